The van der Waals surface area contributed by atoms with E-state index in [2.05, 4.69) is 28.5 Å². The van der Waals surface area contributed by atoms with Crippen molar-refractivity contribution in [3.63, 3.8) is 0 Å². The van der Waals surface area contributed by atoms with E-state index in [1.807, 2.05) is 6.07 Å². The molecule has 4 nitrogen and oxygen atoms in total. The highest BCUT2D eigenvalue weighted by Crippen LogP contribution is 2.49. The smallest absolute Gasteiger partial charge is 0.253 e. The Kier molecular flexibility index (Phi) is 4.62. The summed E-state index contributed by atoms with van der Waals surface area (Å²) in [6, 6.07) is 3.60. The number of nitrogens with one attached hydrogen (secondary N) is 2. The zero-order valence-corrected chi connectivity index (χ0v) is 11.9. The first-order chi connectivity index (χ1) is 9.69. The highest BCUT2D eigenvalue weighted by molar-refractivity contribution is 5.94. The molecule has 0 aliphatic heterocycles. The van der Waals surface area contributed by atoms with E-state index in [0.717, 1.165) is 12.4 Å². The molecule has 1 amide bonds. The molecule has 1 fully saturated rings. The van der Waals surface area contributed by atoms with E-state index in [1.165, 1.54) is 25.7 Å². The molecule has 1 aromatic heterocycles. The van der Waals surface area contributed by atoms with Gasteiger partial charge < -0.3 is 10.6 Å². The van der Waals surface area contributed by atoms with Crippen LogP contribution in [0.2, 0.25) is 0 Å². The van der Waals surface area contributed by atoms with Crippen LogP contribution in [0.1, 0.15) is 43.0 Å². The van der Waals surface area contributed by atoms with E-state index in [-0.39, 0.29) is 12.5 Å². The maximum Gasteiger partial charge on any atom is 0.253 e. The number of carbonyl (C=O) groups excluding carboxylic acids is 1. The number of pyridine rings is 1. The van der Waals surface area contributed by atoms with Crippen LogP contribution in [0, 0.1) is 17.8 Å². The molecule has 0 aromatic carbocycles. The van der Waals surface area contributed by atoms with Crippen molar-refractivity contribution in [2.24, 2.45) is 5.41 Å². The fraction of sp³-hybridized carbons (Fsp3) is 0.500. The van der Waals surface area contributed by atoms with Crippen molar-refractivity contribution in [3.05, 3.63) is 23.9 Å². The third-order valence-corrected chi connectivity index (χ3v) is 3.76. The molecule has 4 heteroatoms. The SMILES string of the molecule is C#CCNC(=O)c1ccc(NCC2(CCC)CC2)nc1. The first-order valence-electron chi connectivity index (χ1n) is 7.11. The fourth-order valence-corrected chi connectivity index (χ4v) is 2.37. The van der Waals surface area contributed by atoms with Crippen LogP contribution in [0.25, 0.3) is 0 Å². The maximum absolute atomic E-state index is 11.7. The van der Waals surface area contributed by atoms with Crippen LogP contribution in [0.5, 0.6) is 0 Å². The second-order valence-electron chi connectivity index (χ2n) is 5.42. The number of carbonyl (C=O) groups is 1. The van der Waals surface area contributed by atoms with Gasteiger partial charge in [-0.05, 0) is 36.8 Å². The molecule has 0 radical (unpaired) electrons. The van der Waals surface area contributed by atoms with Gasteiger partial charge in [0.05, 0.1) is 12.1 Å². The van der Waals surface area contributed by atoms with Gasteiger partial charge in [0.1, 0.15) is 5.82 Å². The van der Waals surface area contributed by atoms with Crippen molar-refractivity contribution < 1.29 is 4.79 Å². The van der Waals surface area contributed by atoms with Gasteiger partial charge in [-0.25, -0.2) is 4.98 Å². The molecule has 1 heterocycles. The summed E-state index contributed by atoms with van der Waals surface area (Å²) in [5.74, 6) is 3.00. The maximum atomic E-state index is 11.7. The first-order valence-corrected chi connectivity index (χ1v) is 7.11. The average Bonchev–Trinajstić information content (AvgIpc) is 3.24. The monoisotopic (exact) mass is 271 g/mol. The van der Waals surface area contributed by atoms with E-state index < -0.39 is 0 Å². The molecule has 1 aliphatic carbocycles. The summed E-state index contributed by atoms with van der Waals surface area (Å²) >= 11 is 0. The molecule has 0 spiro atoms. The Bertz CT molecular complexity index is 497. The second-order valence-corrected chi connectivity index (χ2v) is 5.42. The van der Waals surface area contributed by atoms with Crippen molar-refractivity contribution in [1.82, 2.24) is 10.3 Å². The van der Waals surface area contributed by atoms with Crippen molar-refractivity contribution in [2.45, 2.75) is 32.6 Å². The molecule has 106 valence electrons. The number of nitrogens with zero attached hydrogens (tertiary/aromatic N) is 1. The fourth-order valence-electron chi connectivity index (χ4n) is 2.37. The summed E-state index contributed by atoms with van der Waals surface area (Å²) in [6.45, 7) is 3.43. The lowest BCUT2D eigenvalue weighted by Gasteiger charge is -2.15. The highest BCUT2D eigenvalue weighted by atomic mass is 16.1. The predicted molar refractivity (Wildman–Crippen MR) is 80.5 cm³/mol. The number of hydrogen-bond acceptors (Lipinski definition) is 3. The molecule has 0 bridgehead atoms. The lowest BCUT2D eigenvalue weighted by Crippen LogP contribution is -2.23. The van der Waals surface area contributed by atoms with Crippen LogP contribution in [-0.4, -0.2) is 24.0 Å². The van der Waals surface area contributed by atoms with Gasteiger partial charge in [0.2, 0.25) is 0 Å². The van der Waals surface area contributed by atoms with Gasteiger partial charge >= 0.3 is 0 Å². The minimum atomic E-state index is -0.188. The van der Waals surface area contributed by atoms with E-state index in [4.69, 9.17) is 6.42 Å². The third kappa shape index (κ3) is 3.74. The molecule has 1 saturated carbocycles. The Labute approximate surface area is 120 Å². The highest BCUT2D eigenvalue weighted by Gasteiger charge is 2.41. The number of terminal acetylenes is 1. The van der Waals surface area contributed by atoms with Gasteiger partial charge in [0.25, 0.3) is 5.91 Å². The summed E-state index contributed by atoms with van der Waals surface area (Å²) in [6.07, 6.45) is 11.8. The Morgan fingerprint density at radius 3 is 2.85 bits per heavy atom. The van der Waals surface area contributed by atoms with Gasteiger partial charge in [-0.15, -0.1) is 6.42 Å². The molecule has 2 N–H and O–H groups in total. The Hall–Kier alpha value is -2.02. The zero-order valence-electron chi connectivity index (χ0n) is 11.9. The van der Waals surface area contributed by atoms with Crippen molar-refractivity contribution in [2.75, 3.05) is 18.4 Å². The first kappa shape index (κ1) is 14.4. The molecule has 20 heavy (non-hydrogen) atoms. The van der Waals surface area contributed by atoms with Gasteiger partial charge in [0, 0.05) is 12.7 Å². The minimum Gasteiger partial charge on any atom is -0.370 e. The summed E-state index contributed by atoms with van der Waals surface area (Å²) < 4.78 is 0. The van der Waals surface area contributed by atoms with Crippen molar-refractivity contribution in [1.29, 1.82) is 0 Å². The second kappa shape index (κ2) is 6.42. The summed E-state index contributed by atoms with van der Waals surface area (Å²) in [5, 5.41) is 5.98. The van der Waals surface area contributed by atoms with E-state index in [9.17, 15) is 4.79 Å². The lowest BCUT2D eigenvalue weighted by atomic mass is 10.0. The Morgan fingerprint density at radius 2 is 2.30 bits per heavy atom. The number of hydrogen-bond donors (Lipinski definition) is 2. The molecule has 0 atom stereocenters. The van der Waals surface area contributed by atoms with E-state index >= 15 is 0 Å². The topological polar surface area (TPSA) is 54.0 Å². The summed E-state index contributed by atoms with van der Waals surface area (Å²) in [4.78, 5) is 15.9. The molecule has 1 aromatic rings. The van der Waals surface area contributed by atoms with Crippen molar-refractivity contribution >= 4 is 11.7 Å². The number of rotatable bonds is 7. The molecule has 1 aliphatic rings. The Balaban J connectivity index is 1.86. The van der Waals surface area contributed by atoms with Crippen LogP contribution in [0.15, 0.2) is 18.3 Å². The minimum absolute atomic E-state index is 0.188. The largest absolute Gasteiger partial charge is 0.370 e. The standard InChI is InChI=1S/C16H21N3O/c1-3-7-16(8-9-16)12-19-14-6-5-13(11-18-14)15(20)17-10-4-2/h2,5-6,11H,3,7-10,12H2,1H3,(H,17,20)(H,18,19). The van der Waals surface area contributed by atoms with E-state index in [0.29, 0.717) is 11.0 Å². The molecule has 0 saturated heterocycles. The molecular weight excluding hydrogens is 250 g/mol. The number of aromatic nitrogens is 1. The molecular formula is C16H21N3O. The number of anilines is 1. The molecule has 0 unspecified atom stereocenters. The Morgan fingerprint density at radius 1 is 1.50 bits per heavy atom. The predicted octanol–water partition coefficient (Wildman–Crippen LogP) is 2.44. The van der Waals surface area contributed by atoms with Crippen LogP contribution in [0.4, 0.5) is 5.82 Å². The van der Waals surface area contributed by atoms with Gasteiger partial charge in [-0.2, -0.15) is 0 Å². The summed E-state index contributed by atoms with van der Waals surface area (Å²) in [7, 11) is 0. The van der Waals surface area contributed by atoms with E-state index in [1.54, 1.807) is 12.3 Å². The normalized spacial score (nSPS) is 15.2. The quantitative estimate of drug-likeness (QED) is 0.749. The number of amides is 1. The zero-order chi connectivity index (χ0) is 14.4. The third-order valence-electron chi connectivity index (χ3n) is 3.76. The van der Waals surface area contributed by atoms with Crippen LogP contribution in [0.3, 0.4) is 0 Å². The van der Waals surface area contributed by atoms with Gasteiger partial charge in [0.15, 0.2) is 0 Å². The van der Waals surface area contributed by atoms with Gasteiger partial charge in [-0.3, -0.25) is 4.79 Å². The van der Waals surface area contributed by atoms with Crippen LogP contribution < -0.4 is 10.6 Å². The van der Waals surface area contributed by atoms with Gasteiger partial charge in [-0.1, -0.05) is 19.3 Å². The molecule has 2 rings (SSSR count). The summed E-state index contributed by atoms with van der Waals surface area (Å²) in [5.41, 5.74) is 1.01. The van der Waals surface area contributed by atoms with Crippen molar-refractivity contribution in [3.8, 4) is 12.3 Å². The average molecular weight is 271 g/mol. The van der Waals surface area contributed by atoms with Crippen LogP contribution in [-0.2, 0) is 0 Å². The lowest BCUT2D eigenvalue weighted by molar-refractivity contribution is 0.0958. The van der Waals surface area contributed by atoms with Crippen LogP contribution >= 0.6 is 0 Å².